The van der Waals surface area contributed by atoms with E-state index >= 15 is 0 Å². The van der Waals surface area contributed by atoms with Crippen LogP contribution in [-0.4, -0.2) is 49.6 Å². The van der Waals surface area contributed by atoms with Gasteiger partial charge in [0, 0.05) is 25.7 Å². The molecule has 1 fully saturated rings. The average Bonchev–Trinajstić information content (AvgIpc) is 2.07. The Morgan fingerprint density at radius 3 is 2.67 bits per heavy atom. The summed E-state index contributed by atoms with van der Waals surface area (Å²) in [6, 6.07) is 0.809. The Labute approximate surface area is 76.5 Å². The minimum absolute atomic E-state index is 0.809. The van der Waals surface area contributed by atoms with Gasteiger partial charge in [0.15, 0.2) is 0 Å². The SMILES string of the molecule is CCCCC1CN(C)CCN1C. The van der Waals surface area contributed by atoms with Crippen molar-refractivity contribution in [1.82, 2.24) is 9.80 Å². The highest BCUT2D eigenvalue weighted by atomic mass is 15.3. The molecule has 0 bridgehead atoms. The highest BCUT2D eigenvalue weighted by Crippen LogP contribution is 2.12. The van der Waals surface area contributed by atoms with E-state index in [4.69, 9.17) is 0 Å². The molecule has 0 saturated carbocycles. The Balaban J connectivity index is 2.28. The molecule has 0 radical (unpaired) electrons. The van der Waals surface area contributed by atoms with Gasteiger partial charge in [0.2, 0.25) is 0 Å². The van der Waals surface area contributed by atoms with Gasteiger partial charge in [-0.15, -0.1) is 0 Å². The summed E-state index contributed by atoms with van der Waals surface area (Å²) in [7, 11) is 4.49. The van der Waals surface area contributed by atoms with Crippen LogP contribution in [0.15, 0.2) is 0 Å². The van der Waals surface area contributed by atoms with E-state index in [0.717, 1.165) is 6.04 Å². The van der Waals surface area contributed by atoms with Crippen LogP contribution in [0.4, 0.5) is 0 Å². The first-order valence-corrected chi connectivity index (χ1v) is 5.12. The van der Waals surface area contributed by atoms with Crippen molar-refractivity contribution >= 4 is 0 Å². The first kappa shape index (κ1) is 10.0. The Morgan fingerprint density at radius 1 is 1.25 bits per heavy atom. The summed E-state index contributed by atoms with van der Waals surface area (Å²) in [5.74, 6) is 0. The molecular weight excluding hydrogens is 148 g/mol. The summed E-state index contributed by atoms with van der Waals surface area (Å²) in [6.45, 7) is 6.01. The van der Waals surface area contributed by atoms with Crippen molar-refractivity contribution in [2.75, 3.05) is 33.7 Å². The van der Waals surface area contributed by atoms with Crippen LogP contribution >= 0.6 is 0 Å². The third-order valence-electron chi connectivity index (χ3n) is 2.87. The Bertz CT molecular complexity index is 125. The number of rotatable bonds is 3. The third kappa shape index (κ3) is 2.76. The fourth-order valence-corrected chi connectivity index (χ4v) is 1.85. The predicted molar refractivity (Wildman–Crippen MR) is 53.4 cm³/mol. The van der Waals surface area contributed by atoms with E-state index in [1.54, 1.807) is 0 Å². The number of likely N-dealkylation sites (N-methyl/N-ethyl adjacent to an activating group) is 2. The quantitative estimate of drug-likeness (QED) is 0.632. The van der Waals surface area contributed by atoms with Crippen LogP contribution in [0.2, 0.25) is 0 Å². The molecule has 0 spiro atoms. The van der Waals surface area contributed by atoms with Crippen molar-refractivity contribution < 1.29 is 0 Å². The predicted octanol–water partition coefficient (Wildman–Crippen LogP) is 1.42. The van der Waals surface area contributed by atoms with Crippen molar-refractivity contribution in [3.05, 3.63) is 0 Å². The molecule has 12 heavy (non-hydrogen) atoms. The number of piperazine rings is 1. The third-order valence-corrected chi connectivity index (χ3v) is 2.87. The van der Waals surface area contributed by atoms with E-state index in [9.17, 15) is 0 Å². The Kier molecular flexibility index (Phi) is 4.02. The van der Waals surface area contributed by atoms with Crippen molar-refractivity contribution in [3.63, 3.8) is 0 Å². The van der Waals surface area contributed by atoms with Gasteiger partial charge in [0.05, 0.1) is 0 Å². The molecule has 2 nitrogen and oxygen atoms in total. The molecule has 1 aliphatic rings. The standard InChI is InChI=1S/C10H22N2/c1-4-5-6-10-9-11(2)7-8-12(10)3/h10H,4-9H2,1-3H3. The average molecular weight is 170 g/mol. The second-order valence-electron chi connectivity index (χ2n) is 4.04. The Morgan fingerprint density at radius 2 is 2.00 bits per heavy atom. The lowest BCUT2D eigenvalue weighted by Gasteiger charge is -2.37. The van der Waals surface area contributed by atoms with Crippen LogP contribution in [0, 0.1) is 0 Å². The summed E-state index contributed by atoms with van der Waals surface area (Å²) >= 11 is 0. The van der Waals surface area contributed by atoms with Gasteiger partial charge < -0.3 is 9.80 Å². The fourth-order valence-electron chi connectivity index (χ4n) is 1.85. The van der Waals surface area contributed by atoms with Crippen LogP contribution in [0.3, 0.4) is 0 Å². The van der Waals surface area contributed by atoms with E-state index < -0.39 is 0 Å². The van der Waals surface area contributed by atoms with E-state index in [0.29, 0.717) is 0 Å². The first-order chi connectivity index (χ1) is 5.74. The zero-order valence-electron chi connectivity index (χ0n) is 8.71. The van der Waals surface area contributed by atoms with Gasteiger partial charge in [-0.2, -0.15) is 0 Å². The number of unbranched alkanes of at least 4 members (excludes halogenated alkanes) is 1. The molecule has 1 saturated heterocycles. The zero-order valence-corrected chi connectivity index (χ0v) is 8.71. The summed E-state index contributed by atoms with van der Waals surface area (Å²) in [6.07, 6.45) is 4.08. The van der Waals surface area contributed by atoms with Crippen LogP contribution in [0.1, 0.15) is 26.2 Å². The fraction of sp³-hybridized carbons (Fsp3) is 1.00. The lowest BCUT2D eigenvalue weighted by atomic mass is 10.1. The molecule has 0 amide bonds. The monoisotopic (exact) mass is 170 g/mol. The van der Waals surface area contributed by atoms with Gasteiger partial charge in [-0.05, 0) is 20.5 Å². The number of hydrogen-bond acceptors (Lipinski definition) is 2. The molecule has 2 heteroatoms. The smallest absolute Gasteiger partial charge is 0.0220 e. The lowest BCUT2D eigenvalue weighted by Crippen LogP contribution is -2.49. The van der Waals surface area contributed by atoms with Gasteiger partial charge in [-0.3, -0.25) is 0 Å². The van der Waals surface area contributed by atoms with Gasteiger partial charge in [0.25, 0.3) is 0 Å². The van der Waals surface area contributed by atoms with Crippen molar-refractivity contribution in [2.24, 2.45) is 0 Å². The lowest BCUT2D eigenvalue weighted by molar-refractivity contribution is 0.107. The van der Waals surface area contributed by atoms with Crippen molar-refractivity contribution in [1.29, 1.82) is 0 Å². The van der Waals surface area contributed by atoms with E-state index in [1.807, 2.05) is 0 Å². The minimum Gasteiger partial charge on any atom is -0.304 e. The summed E-state index contributed by atoms with van der Waals surface area (Å²) in [5.41, 5.74) is 0. The van der Waals surface area contributed by atoms with Crippen molar-refractivity contribution in [3.8, 4) is 0 Å². The van der Waals surface area contributed by atoms with Gasteiger partial charge >= 0.3 is 0 Å². The normalized spacial score (nSPS) is 27.8. The van der Waals surface area contributed by atoms with Gasteiger partial charge in [-0.25, -0.2) is 0 Å². The van der Waals surface area contributed by atoms with E-state index in [2.05, 4.69) is 30.8 Å². The van der Waals surface area contributed by atoms with Crippen LogP contribution in [-0.2, 0) is 0 Å². The van der Waals surface area contributed by atoms with E-state index in [1.165, 1.54) is 38.9 Å². The molecule has 72 valence electrons. The highest BCUT2D eigenvalue weighted by molar-refractivity contribution is 4.77. The maximum atomic E-state index is 2.51. The number of nitrogens with zero attached hydrogens (tertiary/aromatic N) is 2. The van der Waals surface area contributed by atoms with Crippen LogP contribution < -0.4 is 0 Å². The minimum atomic E-state index is 0.809. The number of hydrogen-bond donors (Lipinski definition) is 0. The maximum Gasteiger partial charge on any atom is 0.0220 e. The van der Waals surface area contributed by atoms with Gasteiger partial charge in [0.1, 0.15) is 0 Å². The molecule has 0 aromatic carbocycles. The molecule has 1 rings (SSSR count). The molecule has 1 atom stereocenters. The van der Waals surface area contributed by atoms with Crippen molar-refractivity contribution in [2.45, 2.75) is 32.2 Å². The molecule has 1 heterocycles. The zero-order chi connectivity index (χ0) is 8.97. The first-order valence-electron chi connectivity index (χ1n) is 5.12. The van der Waals surface area contributed by atoms with E-state index in [-0.39, 0.29) is 0 Å². The molecule has 0 aromatic rings. The molecule has 0 aliphatic carbocycles. The maximum absolute atomic E-state index is 2.51. The summed E-state index contributed by atoms with van der Waals surface area (Å²) in [4.78, 5) is 4.95. The molecule has 0 aromatic heterocycles. The van der Waals surface area contributed by atoms with Gasteiger partial charge in [-0.1, -0.05) is 19.8 Å². The molecule has 1 aliphatic heterocycles. The largest absolute Gasteiger partial charge is 0.304 e. The molecule has 0 N–H and O–H groups in total. The van der Waals surface area contributed by atoms with Crippen LogP contribution in [0.25, 0.3) is 0 Å². The molecule has 1 unspecified atom stereocenters. The Hall–Kier alpha value is -0.0800. The van der Waals surface area contributed by atoms with Crippen LogP contribution in [0.5, 0.6) is 0 Å². The summed E-state index contributed by atoms with van der Waals surface area (Å²) in [5, 5.41) is 0. The second kappa shape index (κ2) is 4.83. The molecular formula is C10H22N2. The second-order valence-corrected chi connectivity index (χ2v) is 4.04. The highest BCUT2D eigenvalue weighted by Gasteiger charge is 2.20. The topological polar surface area (TPSA) is 6.48 Å². The summed E-state index contributed by atoms with van der Waals surface area (Å²) < 4.78 is 0.